The number of rotatable bonds is 8. The number of aliphatic hydroxyl groups is 11. The van der Waals surface area contributed by atoms with Crippen LogP contribution in [0.2, 0.25) is 0 Å². The molecule has 0 amide bonds. The van der Waals surface area contributed by atoms with E-state index in [1.165, 1.54) is 19.1 Å². The Bertz CT molecular complexity index is 1880. The minimum Gasteiger partial charge on any atom is -0.507 e. The monoisotopic (exact) mass is 842 g/mol. The van der Waals surface area contributed by atoms with Crippen molar-refractivity contribution in [1.29, 1.82) is 0 Å². The second-order valence-electron chi connectivity index (χ2n) is 15.7. The van der Waals surface area contributed by atoms with Gasteiger partial charge in [-0.3, -0.25) is 14.4 Å². The molecule has 4 fully saturated rings. The van der Waals surface area contributed by atoms with Gasteiger partial charge in [0.25, 0.3) is 0 Å². The minimum absolute atomic E-state index is 0.0359. The molecule has 320 valence electrons. The van der Waals surface area contributed by atoms with Crippen LogP contribution in [-0.4, -0.2) is 194 Å². The maximum Gasteiger partial charge on any atom is 0.204 e. The third-order valence-corrected chi connectivity index (χ3v) is 13.3. The van der Waals surface area contributed by atoms with Crippen LogP contribution in [0, 0.1) is 0 Å². The number of aromatic hydroxyl groups is 1. The van der Waals surface area contributed by atoms with E-state index in [1.807, 2.05) is 0 Å². The van der Waals surface area contributed by atoms with Crippen molar-refractivity contribution in [3.8, 4) is 5.75 Å². The predicted octanol–water partition coefficient (Wildman–Crippen LogP) is -4.22. The van der Waals surface area contributed by atoms with Crippen LogP contribution < -0.4 is 0 Å². The molecule has 3 heterocycles. The molecule has 7 rings (SSSR count). The Labute approximate surface area is 333 Å². The SMILES string of the molecule is CC1OC(OC23C(=O)C(O)C(C)(O)CC2(O)C(SC2C(OC4OC(CO)C(O)C(O)C4O)OC(CO)C(O)C2O)=CC2=C3C(=O)c3cccc(O)c3C2=O)CCC1O. The Morgan fingerprint density at radius 2 is 1.47 bits per heavy atom. The number of phenolic OH excluding ortho intramolecular Hbond substituents is 1. The van der Waals surface area contributed by atoms with E-state index in [-0.39, 0.29) is 12.8 Å². The average Bonchev–Trinajstić information content (AvgIpc) is 3.18. The largest absolute Gasteiger partial charge is 0.507 e. The van der Waals surface area contributed by atoms with Crippen molar-refractivity contribution in [2.24, 2.45) is 0 Å². The van der Waals surface area contributed by atoms with E-state index in [0.29, 0.717) is 11.8 Å². The number of carbonyl (C=O) groups is 3. The molecule has 1 saturated carbocycles. The van der Waals surface area contributed by atoms with Crippen molar-refractivity contribution in [2.45, 2.75) is 135 Å². The van der Waals surface area contributed by atoms with Crippen LogP contribution in [0.15, 0.2) is 40.3 Å². The molecule has 6 aliphatic rings. The molecule has 3 saturated heterocycles. The quantitative estimate of drug-likeness (QED) is 0.118. The zero-order valence-electron chi connectivity index (χ0n) is 31.0. The van der Waals surface area contributed by atoms with Crippen LogP contribution in [0.25, 0.3) is 0 Å². The van der Waals surface area contributed by atoms with Gasteiger partial charge in [-0.05, 0) is 32.4 Å². The van der Waals surface area contributed by atoms with Gasteiger partial charge >= 0.3 is 0 Å². The van der Waals surface area contributed by atoms with Gasteiger partial charge in [0.05, 0.1) is 53.5 Å². The van der Waals surface area contributed by atoms with Crippen molar-refractivity contribution >= 4 is 29.1 Å². The summed E-state index contributed by atoms with van der Waals surface area (Å²) in [4.78, 5) is 43.4. The van der Waals surface area contributed by atoms with E-state index in [4.69, 9.17) is 23.7 Å². The molecule has 1 aromatic carbocycles. The van der Waals surface area contributed by atoms with Crippen molar-refractivity contribution in [3.63, 3.8) is 0 Å². The second kappa shape index (κ2) is 15.6. The molecule has 3 aliphatic heterocycles. The van der Waals surface area contributed by atoms with Gasteiger partial charge < -0.3 is 85.0 Å². The molecule has 58 heavy (non-hydrogen) atoms. The maximum absolute atomic E-state index is 14.9. The summed E-state index contributed by atoms with van der Waals surface area (Å²) in [6.07, 6.45) is -22.5. The summed E-state index contributed by atoms with van der Waals surface area (Å²) in [7, 11) is 0. The molecule has 20 nitrogen and oxygen atoms in total. The summed E-state index contributed by atoms with van der Waals surface area (Å²) in [6, 6.07) is 3.57. The van der Waals surface area contributed by atoms with Crippen molar-refractivity contribution < 1.29 is 99.3 Å². The van der Waals surface area contributed by atoms with Crippen LogP contribution in [0.4, 0.5) is 0 Å². The number of Topliss-reactive ketones (excluding diaryl/α,β-unsaturated/α-hetero) is 3. The van der Waals surface area contributed by atoms with Gasteiger partial charge in [0.1, 0.15) is 54.1 Å². The van der Waals surface area contributed by atoms with E-state index in [9.17, 15) is 75.7 Å². The normalized spacial score (nSPS) is 45.7. The molecule has 0 bridgehead atoms. The van der Waals surface area contributed by atoms with E-state index in [0.717, 1.165) is 19.1 Å². The Morgan fingerprint density at radius 1 is 0.828 bits per heavy atom. The smallest absolute Gasteiger partial charge is 0.204 e. The van der Waals surface area contributed by atoms with Gasteiger partial charge in [0.15, 0.2) is 36.0 Å². The lowest BCUT2D eigenvalue weighted by molar-refractivity contribution is -0.356. The number of thioether (sulfide) groups is 1. The van der Waals surface area contributed by atoms with Gasteiger partial charge in [-0.25, -0.2) is 0 Å². The molecule has 21 heteroatoms. The summed E-state index contributed by atoms with van der Waals surface area (Å²) in [5.74, 6) is -4.25. The molecular formula is C37H46O20S. The molecule has 12 N–H and O–H groups in total. The topological polar surface area (TPSA) is 340 Å². The first-order valence-corrected chi connectivity index (χ1v) is 19.4. The van der Waals surface area contributed by atoms with Crippen molar-refractivity contribution in [1.82, 2.24) is 0 Å². The fraction of sp³-hybridized carbons (Fsp3) is 0.649. The highest BCUT2D eigenvalue weighted by molar-refractivity contribution is 8.03. The fourth-order valence-corrected chi connectivity index (χ4v) is 9.97. The highest BCUT2D eigenvalue weighted by atomic mass is 32.2. The van der Waals surface area contributed by atoms with Crippen LogP contribution in [0.5, 0.6) is 5.75 Å². The zero-order valence-corrected chi connectivity index (χ0v) is 31.8. The number of aliphatic hydroxyl groups excluding tert-OH is 9. The minimum atomic E-state index is -3.11. The van der Waals surface area contributed by atoms with E-state index in [2.05, 4.69) is 0 Å². The second-order valence-corrected chi connectivity index (χ2v) is 16.9. The number of ketones is 3. The van der Waals surface area contributed by atoms with Crippen LogP contribution in [-0.2, 0) is 28.5 Å². The summed E-state index contributed by atoms with van der Waals surface area (Å²) in [5, 5.41) is 130. The lowest BCUT2D eigenvalue weighted by atomic mass is 9.56. The molecule has 17 unspecified atom stereocenters. The first-order chi connectivity index (χ1) is 27.2. The maximum atomic E-state index is 14.9. The van der Waals surface area contributed by atoms with Gasteiger partial charge in [-0.15, -0.1) is 11.8 Å². The highest BCUT2D eigenvalue weighted by Crippen LogP contribution is 2.59. The van der Waals surface area contributed by atoms with Crippen molar-refractivity contribution in [3.05, 3.63) is 51.5 Å². The number of hydrogen-bond acceptors (Lipinski definition) is 21. The predicted molar refractivity (Wildman–Crippen MR) is 190 cm³/mol. The Hall–Kier alpha value is -2.78. The standard InChI is InChI=1S/C37H46O20S/c1-12-15(40)6-7-20(53-12)57-37-22-14(23(42)21-13(24(22)43)4-3-5-16(21)41)8-19(36(37,52)11-35(2,51)31(49)32(37)50)58-30-28(47)26(45)18(10-39)55-34(30)56-33-29(48)27(46)25(44)17(9-38)54-33/h3-5,8,12,15,17-18,20,25-31,33-34,38-41,44-49,51-52H,6-7,9-11H2,1-2H3. The molecular weight excluding hydrogens is 796 g/mol. The molecule has 1 aromatic rings. The number of carbonyl (C=O) groups excluding carboxylic acids is 3. The zero-order chi connectivity index (χ0) is 42.4. The third-order valence-electron chi connectivity index (χ3n) is 11.8. The number of hydrogen-bond donors (Lipinski definition) is 12. The Kier molecular flexibility index (Phi) is 11.6. The van der Waals surface area contributed by atoms with Crippen molar-refractivity contribution in [2.75, 3.05) is 13.2 Å². The number of ether oxygens (including phenoxy) is 5. The summed E-state index contributed by atoms with van der Waals surface area (Å²) >= 11 is 0.371. The fourth-order valence-electron chi connectivity index (χ4n) is 8.54. The summed E-state index contributed by atoms with van der Waals surface area (Å²) in [5.41, 5.74) is -10.9. The number of benzene rings is 1. The molecule has 3 aliphatic carbocycles. The van der Waals surface area contributed by atoms with Gasteiger partial charge in [-0.1, -0.05) is 12.1 Å². The van der Waals surface area contributed by atoms with E-state index >= 15 is 0 Å². The average molecular weight is 843 g/mol. The first-order valence-electron chi connectivity index (χ1n) is 18.6. The number of fused-ring (bicyclic) bond motifs is 3. The lowest BCUT2D eigenvalue weighted by Gasteiger charge is -2.58. The molecule has 17 atom stereocenters. The molecule has 0 aromatic heterocycles. The van der Waals surface area contributed by atoms with E-state index < -0.39 is 172 Å². The van der Waals surface area contributed by atoms with Crippen LogP contribution in [0.1, 0.15) is 53.8 Å². The molecule has 0 radical (unpaired) electrons. The number of phenols is 1. The highest BCUT2D eigenvalue weighted by Gasteiger charge is 2.74. The Morgan fingerprint density at radius 3 is 2.10 bits per heavy atom. The van der Waals surface area contributed by atoms with Crippen LogP contribution in [0.3, 0.4) is 0 Å². The van der Waals surface area contributed by atoms with Gasteiger partial charge in [0.2, 0.25) is 5.78 Å². The third kappa shape index (κ3) is 6.61. The van der Waals surface area contributed by atoms with Gasteiger partial charge in [-0.2, -0.15) is 0 Å². The lowest BCUT2D eigenvalue weighted by Crippen LogP contribution is -2.77. The number of allylic oxidation sites excluding steroid dienone is 2. The van der Waals surface area contributed by atoms with E-state index in [1.54, 1.807) is 0 Å². The Balaban J connectivity index is 1.41. The summed E-state index contributed by atoms with van der Waals surface area (Å²) < 4.78 is 29.3. The molecule has 0 spiro atoms. The summed E-state index contributed by atoms with van der Waals surface area (Å²) in [6.45, 7) is 0.730. The van der Waals surface area contributed by atoms with Gasteiger partial charge in [0, 0.05) is 28.9 Å². The van der Waals surface area contributed by atoms with Crippen LogP contribution >= 0.6 is 11.8 Å². The first kappa shape index (κ1) is 43.3.